The Labute approximate surface area is 228 Å². The van der Waals surface area contributed by atoms with Crippen LogP contribution in [0, 0.1) is 0 Å². The van der Waals surface area contributed by atoms with Gasteiger partial charge in [-0.1, -0.05) is 29.3 Å². The second-order valence-corrected chi connectivity index (χ2v) is 11.6. The number of ether oxygens (including phenoxy) is 1. The van der Waals surface area contributed by atoms with Gasteiger partial charge in [-0.05, 0) is 54.6 Å². The van der Waals surface area contributed by atoms with E-state index >= 15 is 0 Å². The molecular weight excluding hydrogens is 553 g/mol. The van der Waals surface area contributed by atoms with Gasteiger partial charge in [-0.3, -0.25) is 4.98 Å². The van der Waals surface area contributed by atoms with Crippen molar-refractivity contribution in [2.45, 2.75) is 4.90 Å². The molecule has 0 aliphatic carbocycles. The average Bonchev–Trinajstić information content (AvgIpc) is 3.32. The highest BCUT2D eigenvalue weighted by atomic mass is 35.5. The first-order valence-corrected chi connectivity index (χ1v) is 14.3. The van der Waals surface area contributed by atoms with Crippen molar-refractivity contribution in [1.82, 2.24) is 14.0 Å². The molecule has 0 saturated carbocycles. The van der Waals surface area contributed by atoms with Crippen molar-refractivity contribution in [3.8, 4) is 11.3 Å². The van der Waals surface area contributed by atoms with Crippen LogP contribution in [0.25, 0.3) is 11.3 Å². The van der Waals surface area contributed by atoms with Gasteiger partial charge in [0.05, 0.1) is 46.4 Å². The summed E-state index contributed by atoms with van der Waals surface area (Å²) < 4.78 is 34.2. The maximum absolute atomic E-state index is 12.9. The summed E-state index contributed by atoms with van der Waals surface area (Å²) in [7, 11) is -3.59. The monoisotopic (exact) mass is 573 g/mol. The lowest BCUT2D eigenvalue weighted by Gasteiger charge is -2.26. The van der Waals surface area contributed by atoms with Crippen LogP contribution < -0.4 is 4.80 Å². The molecule has 1 aliphatic rings. The Morgan fingerprint density at radius 2 is 1.81 bits per heavy atom. The van der Waals surface area contributed by atoms with Crippen LogP contribution in [0.15, 0.2) is 87.2 Å². The first-order valence-electron chi connectivity index (χ1n) is 11.3. The van der Waals surface area contributed by atoms with Gasteiger partial charge in [0.15, 0.2) is 0 Å². The van der Waals surface area contributed by atoms with E-state index in [4.69, 9.17) is 32.9 Å². The van der Waals surface area contributed by atoms with Gasteiger partial charge < -0.3 is 4.74 Å². The minimum atomic E-state index is -3.59. The summed E-state index contributed by atoms with van der Waals surface area (Å²) >= 11 is 14.1. The quantitative estimate of drug-likeness (QED) is 0.302. The molecule has 0 amide bonds. The van der Waals surface area contributed by atoms with Crippen LogP contribution >= 0.6 is 34.5 Å². The Morgan fingerprint density at radius 1 is 1.03 bits per heavy atom. The molecule has 8 nitrogen and oxygen atoms in total. The molecule has 2 aromatic carbocycles. The van der Waals surface area contributed by atoms with E-state index in [1.807, 2.05) is 23.6 Å². The zero-order valence-corrected chi connectivity index (χ0v) is 22.5. The third-order valence-corrected chi connectivity index (χ3v) is 8.85. The molecule has 5 rings (SSSR count). The molecule has 0 radical (unpaired) electrons. The Morgan fingerprint density at radius 3 is 2.54 bits per heavy atom. The molecule has 0 atom stereocenters. The minimum Gasteiger partial charge on any atom is -0.379 e. The van der Waals surface area contributed by atoms with E-state index < -0.39 is 10.0 Å². The third kappa shape index (κ3) is 5.85. The molecule has 1 saturated heterocycles. The number of nitrogens with zero attached hydrogens (tertiary/aromatic N) is 5. The summed E-state index contributed by atoms with van der Waals surface area (Å²) in [6, 6.07) is 17.2. The maximum atomic E-state index is 12.9. The topological polar surface area (TPSA) is 89.2 Å². The van der Waals surface area contributed by atoms with Crippen LogP contribution in [0.4, 0.5) is 5.69 Å². The summed E-state index contributed by atoms with van der Waals surface area (Å²) in [5, 5.41) is 7.58. The Hall–Kier alpha value is -2.86. The number of pyridine rings is 1. The zero-order chi connectivity index (χ0) is 25.8. The van der Waals surface area contributed by atoms with Crippen molar-refractivity contribution < 1.29 is 13.2 Å². The first-order chi connectivity index (χ1) is 17.9. The molecule has 0 spiro atoms. The SMILES string of the molecule is O=S(=O)(c1ccc(N=c2scc(-c3cc(Cl)ccc3Cl)n2N=Cc2ccccn2)cc1)N1CCOCC1. The average molecular weight is 575 g/mol. The predicted molar refractivity (Wildman–Crippen MR) is 146 cm³/mol. The van der Waals surface area contributed by atoms with Crippen LogP contribution in [0.1, 0.15) is 5.69 Å². The standard InChI is InChI=1S/C25H21Cl2N5O3S2/c26-18-4-9-23(27)22(15-18)24-17-36-25(32(24)29-16-20-3-1-2-10-28-20)30-19-5-7-21(8-6-19)37(33,34)31-11-13-35-14-12-31/h1-10,15-17H,11-14H2. The summed E-state index contributed by atoms with van der Waals surface area (Å²) in [6.07, 6.45) is 3.32. The van der Waals surface area contributed by atoms with Crippen molar-refractivity contribution in [3.63, 3.8) is 0 Å². The highest BCUT2D eigenvalue weighted by Gasteiger charge is 2.26. The molecule has 0 bridgehead atoms. The molecule has 1 aliphatic heterocycles. The van der Waals surface area contributed by atoms with Gasteiger partial charge in [0, 0.05) is 35.3 Å². The number of aromatic nitrogens is 2. The molecule has 190 valence electrons. The molecular formula is C25H21Cl2N5O3S2. The lowest BCUT2D eigenvalue weighted by atomic mass is 10.2. The number of rotatable bonds is 6. The fraction of sp³-hybridized carbons (Fsp3) is 0.160. The van der Waals surface area contributed by atoms with Crippen LogP contribution in [0.3, 0.4) is 0 Å². The molecule has 3 heterocycles. The van der Waals surface area contributed by atoms with E-state index in [0.29, 0.717) is 63.8 Å². The predicted octanol–water partition coefficient (Wildman–Crippen LogP) is 5.05. The van der Waals surface area contributed by atoms with Crippen LogP contribution in [-0.4, -0.2) is 54.9 Å². The van der Waals surface area contributed by atoms with Crippen LogP contribution in [0.2, 0.25) is 10.0 Å². The molecule has 2 aromatic heterocycles. The smallest absolute Gasteiger partial charge is 0.243 e. The number of benzene rings is 2. The number of thiazole rings is 1. The molecule has 1 fully saturated rings. The molecule has 37 heavy (non-hydrogen) atoms. The second-order valence-electron chi connectivity index (χ2n) is 7.96. The molecule has 0 N–H and O–H groups in total. The third-order valence-electron chi connectivity index (χ3n) is 5.55. The van der Waals surface area contributed by atoms with Gasteiger partial charge in [-0.15, -0.1) is 11.3 Å². The Kier molecular flexibility index (Phi) is 7.84. The van der Waals surface area contributed by atoms with Crippen molar-refractivity contribution in [3.05, 3.63) is 92.8 Å². The van der Waals surface area contributed by atoms with Gasteiger partial charge >= 0.3 is 0 Å². The van der Waals surface area contributed by atoms with Crippen LogP contribution in [-0.2, 0) is 14.8 Å². The van der Waals surface area contributed by atoms with Gasteiger partial charge in [0.25, 0.3) is 0 Å². The zero-order valence-electron chi connectivity index (χ0n) is 19.4. The summed E-state index contributed by atoms with van der Waals surface area (Å²) in [4.78, 5) is 9.79. The second kappa shape index (κ2) is 11.3. The molecule has 12 heteroatoms. The largest absolute Gasteiger partial charge is 0.379 e. The lowest BCUT2D eigenvalue weighted by Crippen LogP contribution is -2.40. The van der Waals surface area contributed by atoms with Gasteiger partial charge in [-0.2, -0.15) is 9.41 Å². The highest BCUT2D eigenvalue weighted by molar-refractivity contribution is 7.89. The van der Waals surface area contributed by atoms with Crippen molar-refractivity contribution in [1.29, 1.82) is 0 Å². The van der Waals surface area contributed by atoms with E-state index in [2.05, 4.69) is 10.1 Å². The van der Waals surface area contributed by atoms with Crippen molar-refractivity contribution in [2.75, 3.05) is 26.3 Å². The van der Waals surface area contributed by atoms with E-state index in [9.17, 15) is 8.42 Å². The maximum Gasteiger partial charge on any atom is 0.243 e. The Bertz CT molecular complexity index is 1600. The number of hydrogen-bond acceptors (Lipinski definition) is 7. The van der Waals surface area contributed by atoms with Crippen molar-refractivity contribution in [2.24, 2.45) is 10.1 Å². The highest BCUT2D eigenvalue weighted by Crippen LogP contribution is 2.31. The summed E-state index contributed by atoms with van der Waals surface area (Å²) in [5.41, 5.74) is 2.66. The van der Waals surface area contributed by atoms with E-state index in [0.717, 1.165) is 0 Å². The fourth-order valence-corrected chi connectivity index (χ4v) is 6.32. The normalized spacial score (nSPS) is 15.5. The van der Waals surface area contributed by atoms with E-state index in [1.54, 1.807) is 59.6 Å². The van der Waals surface area contributed by atoms with Gasteiger partial charge in [0.1, 0.15) is 0 Å². The molecule has 0 unspecified atom stereocenters. The fourth-order valence-electron chi connectivity index (χ4n) is 3.68. The number of sulfonamides is 1. The van der Waals surface area contributed by atoms with Crippen molar-refractivity contribution >= 4 is 56.5 Å². The van der Waals surface area contributed by atoms with E-state index in [-0.39, 0.29) is 4.90 Å². The number of morpholine rings is 1. The first kappa shape index (κ1) is 25.8. The summed E-state index contributed by atoms with van der Waals surface area (Å²) in [5.74, 6) is 0. The van der Waals surface area contributed by atoms with Gasteiger partial charge in [-0.25, -0.2) is 18.1 Å². The lowest BCUT2D eigenvalue weighted by molar-refractivity contribution is 0.0730. The minimum absolute atomic E-state index is 0.215. The number of hydrogen-bond donors (Lipinski definition) is 0. The van der Waals surface area contributed by atoms with E-state index in [1.165, 1.54) is 15.6 Å². The van der Waals surface area contributed by atoms with Crippen LogP contribution in [0.5, 0.6) is 0 Å². The number of halogens is 2. The Balaban J connectivity index is 1.54. The molecule has 4 aromatic rings. The summed E-state index contributed by atoms with van der Waals surface area (Å²) in [6.45, 7) is 1.46. The van der Waals surface area contributed by atoms with Gasteiger partial charge in [0.2, 0.25) is 14.8 Å².